The smallest absolute Gasteiger partial charge is 0.162 e. The minimum Gasteiger partial charge on any atom is -0.504 e. The van der Waals surface area contributed by atoms with Gasteiger partial charge in [0, 0.05) is 36.3 Å². The van der Waals surface area contributed by atoms with Gasteiger partial charge in [0.15, 0.2) is 11.5 Å². The second-order valence-electron chi connectivity index (χ2n) is 5.07. The molecule has 2 rings (SSSR count). The molecule has 4 nitrogen and oxygen atoms in total. The number of hydrogen-bond donors (Lipinski definition) is 1. The first-order valence-electron chi connectivity index (χ1n) is 7.03. The summed E-state index contributed by atoms with van der Waals surface area (Å²) in [7, 11) is 1.53. The second-order valence-corrected chi connectivity index (χ2v) is 5.51. The standard InChI is InChI=1S/C15H22ClNO3/c1-3-20-13-5-4-6-17(10-13)9-11-7-12(16)8-14(19-2)15(11)18/h7-8,13,18H,3-6,9-10H2,1-2H3. The van der Waals surface area contributed by atoms with E-state index in [0.29, 0.717) is 17.3 Å². The molecule has 20 heavy (non-hydrogen) atoms. The van der Waals surface area contributed by atoms with Gasteiger partial charge in [0.25, 0.3) is 0 Å². The molecule has 1 unspecified atom stereocenters. The van der Waals surface area contributed by atoms with E-state index in [1.165, 1.54) is 7.11 Å². The van der Waals surface area contributed by atoms with Gasteiger partial charge in [-0.05, 0) is 32.4 Å². The first-order chi connectivity index (χ1) is 9.63. The van der Waals surface area contributed by atoms with Crippen LogP contribution in [0.15, 0.2) is 12.1 Å². The van der Waals surface area contributed by atoms with Gasteiger partial charge in [-0.2, -0.15) is 0 Å². The third-order valence-electron chi connectivity index (χ3n) is 3.60. The monoisotopic (exact) mass is 299 g/mol. The molecule has 0 amide bonds. The second kappa shape index (κ2) is 7.16. The molecule has 1 fully saturated rings. The molecule has 1 saturated heterocycles. The molecule has 0 radical (unpaired) electrons. The van der Waals surface area contributed by atoms with Crippen LogP contribution in [0, 0.1) is 0 Å². The van der Waals surface area contributed by atoms with Crippen molar-refractivity contribution >= 4 is 11.6 Å². The molecule has 1 aromatic carbocycles. The van der Waals surface area contributed by atoms with E-state index in [9.17, 15) is 5.11 Å². The molecule has 112 valence electrons. The van der Waals surface area contributed by atoms with Crippen molar-refractivity contribution in [2.75, 3.05) is 26.8 Å². The predicted molar refractivity (Wildman–Crippen MR) is 79.6 cm³/mol. The van der Waals surface area contributed by atoms with Crippen LogP contribution in [-0.4, -0.2) is 42.9 Å². The molecular formula is C15H22ClNO3. The lowest BCUT2D eigenvalue weighted by Gasteiger charge is -2.32. The van der Waals surface area contributed by atoms with E-state index < -0.39 is 0 Å². The Morgan fingerprint density at radius 3 is 2.95 bits per heavy atom. The molecule has 0 spiro atoms. The summed E-state index contributed by atoms with van der Waals surface area (Å²) in [5.74, 6) is 0.598. The first-order valence-corrected chi connectivity index (χ1v) is 7.41. The predicted octanol–water partition coefficient (Wildman–Crippen LogP) is 3.06. The first kappa shape index (κ1) is 15.4. The Balaban J connectivity index is 2.07. The fourth-order valence-corrected chi connectivity index (χ4v) is 2.90. The van der Waals surface area contributed by atoms with Crippen LogP contribution >= 0.6 is 11.6 Å². The minimum atomic E-state index is 0.176. The van der Waals surface area contributed by atoms with Crippen molar-refractivity contribution in [1.29, 1.82) is 0 Å². The maximum absolute atomic E-state index is 10.2. The summed E-state index contributed by atoms with van der Waals surface area (Å²) in [5.41, 5.74) is 0.798. The van der Waals surface area contributed by atoms with Crippen molar-refractivity contribution in [3.05, 3.63) is 22.7 Å². The van der Waals surface area contributed by atoms with Gasteiger partial charge in [0.2, 0.25) is 0 Å². The fourth-order valence-electron chi connectivity index (χ4n) is 2.67. The molecule has 5 heteroatoms. The van der Waals surface area contributed by atoms with Crippen molar-refractivity contribution in [3.63, 3.8) is 0 Å². The third-order valence-corrected chi connectivity index (χ3v) is 3.82. The van der Waals surface area contributed by atoms with Crippen molar-refractivity contribution in [3.8, 4) is 11.5 Å². The van der Waals surface area contributed by atoms with Gasteiger partial charge in [-0.3, -0.25) is 4.90 Å². The summed E-state index contributed by atoms with van der Waals surface area (Å²) in [6, 6.07) is 3.42. The van der Waals surface area contributed by atoms with Crippen molar-refractivity contribution < 1.29 is 14.6 Å². The van der Waals surface area contributed by atoms with Crippen LogP contribution < -0.4 is 4.74 Å². The summed E-state index contributed by atoms with van der Waals surface area (Å²) in [6.45, 7) is 5.33. The molecule has 1 atom stereocenters. The van der Waals surface area contributed by atoms with Crippen LogP contribution in [0.5, 0.6) is 11.5 Å². The Morgan fingerprint density at radius 2 is 2.25 bits per heavy atom. The van der Waals surface area contributed by atoms with Crippen LogP contribution in [0.3, 0.4) is 0 Å². The quantitative estimate of drug-likeness (QED) is 0.907. The maximum atomic E-state index is 10.2. The Labute approximate surface area is 125 Å². The highest BCUT2D eigenvalue weighted by molar-refractivity contribution is 6.30. The molecule has 0 aromatic heterocycles. The van der Waals surface area contributed by atoms with E-state index in [1.54, 1.807) is 12.1 Å². The number of halogens is 1. The molecule has 1 heterocycles. The molecule has 0 saturated carbocycles. The Hall–Kier alpha value is -0.970. The largest absolute Gasteiger partial charge is 0.504 e. The minimum absolute atomic E-state index is 0.176. The zero-order valence-electron chi connectivity index (χ0n) is 12.1. The van der Waals surface area contributed by atoms with Crippen molar-refractivity contribution in [2.45, 2.75) is 32.4 Å². The van der Waals surface area contributed by atoms with E-state index in [0.717, 1.165) is 38.1 Å². The number of ether oxygens (including phenoxy) is 2. The van der Waals surface area contributed by atoms with Crippen LogP contribution in [0.25, 0.3) is 0 Å². The number of phenols is 1. The van der Waals surface area contributed by atoms with E-state index in [-0.39, 0.29) is 11.9 Å². The average molecular weight is 300 g/mol. The summed E-state index contributed by atoms with van der Waals surface area (Å²) in [6.07, 6.45) is 2.51. The highest BCUT2D eigenvalue weighted by Crippen LogP contribution is 2.34. The number of hydrogen-bond acceptors (Lipinski definition) is 4. The van der Waals surface area contributed by atoms with Crippen LogP contribution in [0.4, 0.5) is 0 Å². The number of rotatable bonds is 5. The van der Waals surface area contributed by atoms with E-state index in [4.69, 9.17) is 21.1 Å². The number of likely N-dealkylation sites (tertiary alicyclic amines) is 1. The normalized spacial score (nSPS) is 20.1. The number of nitrogens with zero attached hydrogens (tertiary/aromatic N) is 1. The molecule has 1 aromatic rings. The SMILES string of the molecule is CCOC1CCCN(Cc2cc(Cl)cc(OC)c2O)C1. The number of benzene rings is 1. The van der Waals surface area contributed by atoms with Gasteiger partial charge >= 0.3 is 0 Å². The fraction of sp³-hybridized carbons (Fsp3) is 0.600. The lowest BCUT2D eigenvalue weighted by atomic mass is 10.1. The third kappa shape index (κ3) is 3.78. The molecule has 1 N–H and O–H groups in total. The lowest BCUT2D eigenvalue weighted by Crippen LogP contribution is -2.39. The summed E-state index contributed by atoms with van der Waals surface area (Å²) >= 11 is 6.06. The highest BCUT2D eigenvalue weighted by Gasteiger charge is 2.21. The maximum Gasteiger partial charge on any atom is 0.162 e. The number of phenolic OH excluding ortho intramolecular Hbond substituents is 1. The van der Waals surface area contributed by atoms with Crippen LogP contribution in [0.1, 0.15) is 25.3 Å². The van der Waals surface area contributed by atoms with Gasteiger partial charge in [0.1, 0.15) is 0 Å². The lowest BCUT2D eigenvalue weighted by molar-refractivity contribution is 0.00344. The number of aromatic hydroxyl groups is 1. The van der Waals surface area contributed by atoms with E-state index in [1.807, 2.05) is 6.92 Å². The van der Waals surface area contributed by atoms with Gasteiger partial charge in [-0.15, -0.1) is 0 Å². The molecule has 1 aliphatic rings. The zero-order valence-corrected chi connectivity index (χ0v) is 12.8. The molecule has 0 bridgehead atoms. The summed E-state index contributed by atoms with van der Waals surface area (Å²) < 4.78 is 10.8. The summed E-state index contributed by atoms with van der Waals surface area (Å²) in [4.78, 5) is 2.29. The van der Waals surface area contributed by atoms with Crippen molar-refractivity contribution in [2.24, 2.45) is 0 Å². The molecule has 0 aliphatic carbocycles. The Bertz CT molecular complexity index is 451. The Morgan fingerprint density at radius 1 is 1.45 bits per heavy atom. The number of methoxy groups -OCH3 is 1. The topological polar surface area (TPSA) is 41.9 Å². The summed E-state index contributed by atoms with van der Waals surface area (Å²) in [5, 5.41) is 10.7. The molecule has 1 aliphatic heterocycles. The van der Waals surface area contributed by atoms with E-state index >= 15 is 0 Å². The van der Waals surface area contributed by atoms with Crippen LogP contribution in [-0.2, 0) is 11.3 Å². The van der Waals surface area contributed by atoms with Gasteiger partial charge < -0.3 is 14.6 Å². The van der Waals surface area contributed by atoms with Gasteiger partial charge in [0.05, 0.1) is 13.2 Å². The van der Waals surface area contributed by atoms with Crippen LogP contribution in [0.2, 0.25) is 5.02 Å². The zero-order chi connectivity index (χ0) is 14.5. The van der Waals surface area contributed by atoms with Gasteiger partial charge in [-0.25, -0.2) is 0 Å². The average Bonchev–Trinajstić information content (AvgIpc) is 2.43. The number of piperidine rings is 1. The van der Waals surface area contributed by atoms with Crippen molar-refractivity contribution in [1.82, 2.24) is 4.90 Å². The molecular weight excluding hydrogens is 278 g/mol. The Kier molecular flexibility index (Phi) is 5.52. The highest BCUT2D eigenvalue weighted by atomic mass is 35.5. The van der Waals surface area contributed by atoms with E-state index in [2.05, 4.69) is 4.90 Å². The van der Waals surface area contributed by atoms with Gasteiger partial charge in [-0.1, -0.05) is 11.6 Å².